The molecule has 0 saturated heterocycles. The number of likely N-dealkylation sites (N-methyl/N-ethyl adjacent to an activating group) is 1. The highest BCUT2D eigenvalue weighted by molar-refractivity contribution is 5.79. The molecule has 0 radical (unpaired) electrons. The van der Waals surface area contributed by atoms with Crippen LogP contribution in [0.4, 0.5) is 4.39 Å². The first-order valence-electron chi connectivity index (χ1n) is 9.04. The number of nitrogens with one attached hydrogen (secondary N) is 2. The van der Waals surface area contributed by atoms with E-state index in [1.54, 1.807) is 7.05 Å². The van der Waals surface area contributed by atoms with Gasteiger partial charge in [0, 0.05) is 33.4 Å². The molecule has 1 fully saturated rings. The second kappa shape index (κ2) is 10.4. The van der Waals surface area contributed by atoms with Gasteiger partial charge in [0.15, 0.2) is 5.96 Å². The number of guanidine groups is 1. The van der Waals surface area contributed by atoms with Crippen LogP contribution < -0.4 is 10.6 Å². The van der Waals surface area contributed by atoms with Gasteiger partial charge in [-0.05, 0) is 57.0 Å². The molecule has 6 heteroatoms. The molecule has 0 spiro atoms. The highest BCUT2D eigenvalue weighted by Crippen LogP contribution is 2.28. The van der Waals surface area contributed by atoms with Gasteiger partial charge in [-0.1, -0.05) is 12.1 Å². The van der Waals surface area contributed by atoms with E-state index in [0.29, 0.717) is 6.54 Å². The third-order valence-electron chi connectivity index (χ3n) is 4.37. The maximum Gasteiger partial charge on any atom is 0.191 e. The van der Waals surface area contributed by atoms with E-state index in [9.17, 15) is 4.39 Å². The van der Waals surface area contributed by atoms with Crippen molar-refractivity contribution in [2.45, 2.75) is 25.3 Å². The average Bonchev–Trinajstić information content (AvgIpc) is 3.41. The zero-order valence-electron chi connectivity index (χ0n) is 15.6. The number of halogens is 1. The smallest absolute Gasteiger partial charge is 0.191 e. The molecule has 1 aliphatic carbocycles. The van der Waals surface area contributed by atoms with Crippen molar-refractivity contribution in [3.63, 3.8) is 0 Å². The van der Waals surface area contributed by atoms with Crippen molar-refractivity contribution in [2.75, 3.05) is 47.4 Å². The van der Waals surface area contributed by atoms with E-state index in [4.69, 9.17) is 4.74 Å². The summed E-state index contributed by atoms with van der Waals surface area (Å²) in [5.74, 6) is 1.38. The monoisotopic (exact) mass is 350 g/mol. The number of hydrogen-bond acceptors (Lipinski definition) is 3. The second-order valence-corrected chi connectivity index (χ2v) is 6.78. The van der Waals surface area contributed by atoms with Gasteiger partial charge in [-0.2, -0.15) is 0 Å². The fraction of sp³-hybridized carbons (Fsp3) is 0.632. The minimum Gasteiger partial charge on any atom is -0.381 e. The van der Waals surface area contributed by atoms with Gasteiger partial charge in [0.25, 0.3) is 0 Å². The first-order valence-corrected chi connectivity index (χ1v) is 9.04. The van der Waals surface area contributed by atoms with Crippen LogP contribution in [-0.2, 0) is 4.74 Å². The van der Waals surface area contributed by atoms with Crippen LogP contribution >= 0.6 is 0 Å². The van der Waals surface area contributed by atoms with Gasteiger partial charge in [0.2, 0.25) is 0 Å². The number of ether oxygens (including phenoxy) is 1. The Morgan fingerprint density at radius 3 is 2.60 bits per heavy atom. The summed E-state index contributed by atoms with van der Waals surface area (Å²) in [5.41, 5.74) is 1.07. The molecule has 0 aliphatic heterocycles. The number of nitrogens with zero attached hydrogens (tertiary/aromatic N) is 2. The third kappa shape index (κ3) is 7.40. The summed E-state index contributed by atoms with van der Waals surface area (Å²) in [4.78, 5) is 6.37. The number of aliphatic imine (C=N–C) groups is 1. The van der Waals surface area contributed by atoms with Crippen molar-refractivity contribution < 1.29 is 9.13 Å². The Hall–Kier alpha value is -1.66. The highest BCUT2D eigenvalue weighted by atomic mass is 19.1. The van der Waals surface area contributed by atoms with Crippen LogP contribution in [0, 0.1) is 11.7 Å². The molecular formula is C19H31FN4O. The third-order valence-corrected chi connectivity index (χ3v) is 4.37. The van der Waals surface area contributed by atoms with Crippen LogP contribution in [0.2, 0.25) is 0 Å². The lowest BCUT2D eigenvalue weighted by molar-refractivity contribution is 0.123. The Balaban J connectivity index is 1.70. The normalized spacial score (nSPS) is 16.1. The van der Waals surface area contributed by atoms with Crippen molar-refractivity contribution >= 4 is 5.96 Å². The molecule has 1 aliphatic rings. The first-order chi connectivity index (χ1) is 12.1. The Bertz CT molecular complexity index is 529. The molecule has 0 amide bonds. The number of benzene rings is 1. The van der Waals surface area contributed by atoms with Crippen molar-refractivity contribution in [3.8, 4) is 0 Å². The van der Waals surface area contributed by atoms with E-state index in [2.05, 4.69) is 20.5 Å². The molecule has 5 nitrogen and oxygen atoms in total. The molecule has 1 aromatic rings. The van der Waals surface area contributed by atoms with Gasteiger partial charge in [0.1, 0.15) is 5.82 Å². The molecule has 2 N–H and O–H groups in total. The van der Waals surface area contributed by atoms with Crippen molar-refractivity contribution in [1.82, 2.24) is 15.5 Å². The number of hydrogen-bond donors (Lipinski definition) is 2. The summed E-state index contributed by atoms with van der Waals surface area (Å²) in [6.07, 6.45) is 3.62. The fourth-order valence-electron chi connectivity index (χ4n) is 2.61. The molecule has 140 valence electrons. The van der Waals surface area contributed by atoms with Gasteiger partial charge in [-0.15, -0.1) is 0 Å². The summed E-state index contributed by atoms with van der Waals surface area (Å²) < 4.78 is 18.8. The summed E-state index contributed by atoms with van der Waals surface area (Å²) in [7, 11) is 5.80. The molecule has 1 unspecified atom stereocenters. The van der Waals surface area contributed by atoms with Crippen LogP contribution in [0.5, 0.6) is 0 Å². The van der Waals surface area contributed by atoms with Crippen LogP contribution in [0.15, 0.2) is 29.3 Å². The molecule has 1 aromatic carbocycles. The quantitative estimate of drug-likeness (QED) is 0.387. The topological polar surface area (TPSA) is 48.9 Å². The van der Waals surface area contributed by atoms with Gasteiger partial charge in [0.05, 0.1) is 6.04 Å². The Morgan fingerprint density at radius 2 is 2.00 bits per heavy atom. The molecule has 0 heterocycles. The summed E-state index contributed by atoms with van der Waals surface area (Å²) >= 11 is 0. The standard InChI is InChI=1S/C19H31FN4O/c1-21-19(22-11-4-12-25-14-15-5-6-15)23-13-18(24(2)3)16-7-9-17(20)10-8-16/h7-10,15,18H,4-6,11-14H2,1-3H3,(H2,21,22,23). The van der Waals surface area contributed by atoms with Crippen LogP contribution in [0.3, 0.4) is 0 Å². The van der Waals surface area contributed by atoms with Crippen LogP contribution in [-0.4, -0.2) is 58.3 Å². The van der Waals surface area contributed by atoms with Crippen LogP contribution in [0.1, 0.15) is 30.9 Å². The Morgan fingerprint density at radius 1 is 1.28 bits per heavy atom. The SMILES string of the molecule is CN=C(NCCCOCC1CC1)NCC(c1ccc(F)cc1)N(C)C. The first kappa shape index (κ1) is 19.7. The molecule has 0 aromatic heterocycles. The van der Waals surface area contributed by atoms with Gasteiger partial charge in [-0.3, -0.25) is 4.99 Å². The van der Waals surface area contributed by atoms with E-state index in [0.717, 1.165) is 43.6 Å². The van der Waals surface area contributed by atoms with Gasteiger partial charge < -0.3 is 20.3 Å². The molecular weight excluding hydrogens is 319 g/mol. The van der Waals surface area contributed by atoms with E-state index >= 15 is 0 Å². The van der Waals surface area contributed by atoms with Crippen molar-refractivity contribution in [3.05, 3.63) is 35.6 Å². The molecule has 1 atom stereocenters. The predicted molar refractivity (Wildman–Crippen MR) is 100 cm³/mol. The zero-order valence-corrected chi connectivity index (χ0v) is 15.6. The Labute approximate surface area is 150 Å². The van der Waals surface area contributed by atoms with E-state index in [1.807, 2.05) is 26.2 Å². The lowest BCUT2D eigenvalue weighted by Crippen LogP contribution is -2.42. The predicted octanol–water partition coefficient (Wildman–Crippen LogP) is 2.41. The molecule has 0 bridgehead atoms. The Kier molecular flexibility index (Phi) is 8.15. The fourth-order valence-corrected chi connectivity index (χ4v) is 2.61. The second-order valence-electron chi connectivity index (χ2n) is 6.78. The highest BCUT2D eigenvalue weighted by Gasteiger charge is 2.20. The van der Waals surface area contributed by atoms with Crippen LogP contribution in [0.25, 0.3) is 0 Å². The lowest BCUT2D eigenvalue weighted by atomic mass is 10.1. The number of rotatable bonds is 10. The average molecular weight is 350 g/mol. The van der Waals surface area contributed by atoms with Gasteiger partial charge in [-0.25, -0.2) is 4.39 Å². The molecule has 2 rings (SSSR count). The summed E-state index contributed by atoms with van der Waals surface area (Å²) in [5, 5.41) is 6.65. The lowest BCUT2D eigenvalue weighted by Gasteiger charge is -2.26. The largest absolute Gasteiger partial charge is 0.381 e. The van der Waals surface area contributed by atoms with Gasteiger partial charge >= 0.3 is 0 Å². The van der Waals surface area contributed by atoms with E-state index < -0.39 is 0 Å². The van der Waals surface area contributed by atoms with Crippen molar-refractivity contribution in [2.24, 2.45) is 10.9 Å². The zero-order chi connectivity index (χ0) is 18.1. The van der Waals surface area contributed by atoms with E-state index in [1.165, 1.54) is 25.0 Å². The van der Waals surface area contributed by atoms with Crippen molar-refractivity contribution in [1.29, 1.82) is 0 Å². The maximum absolute atomic E-state index is 13.1. The summed E-state index contributed by atoms with van der Waals surface area (Å²) in [6.45, 7) is 3.22. The molecule has 1 saturated carbocycles. The minimum absolute atomic E-state index is 0.140. The molecule has 25 heavy (non-hydrogen) atoms. The van der Waals surface area contributed by atoms with E-state index in [-0.39, 0.29) is 11.9 Å². The minimum atomic E-state index is -0.212. The summed E-state index contributed by atoms with van der Waals surface area (Å²) in [6, 6.07) is 6.80. The maximum atomic E-state index is 13.1.